The highest BCUT2D eigenvalue weighted by atomic mass is 19.1. The van der Waals surface area contributed by atoms with Crippen molar-refractivity contribution in [2.45, 2.75) is 37.9 Å². The van der Waals surface area contributed by atoms with Gasteiger partial charge in [-0.2, -0.15) is 9.37 Å². The number of carbonyl (C=O) groups excluding carboxylic acids is 3. The molecule has 1 fully saturated rings. The van der Waals surface area contributed by atoms with E-state index in [1.165, 1.54) is 6.92 Å². The summed E-state index contributed by atoms with van der Waals surface area (Å²) in [7, 11) is 0. The van der Waals surface area contributed by atoms with E-state index in [2.05, 4.69) is 4.98 Å². The Hall–Kier alpha value is -7.16. The Morgan fingerprint density at radius 3 is 1.72 bits per heavy atom. The van der Waals surface area contributed by atoms with Crippen molar-refractivity contribution in [1.29, 1.82) is 0 Å². The van der Waals surface area contributed by atoms with Crippen LogP contribution in [0.1, 0.15) is 50.6 Å². The Kier molecular flexibility index (Phi) is 11.6. The fourth-order valence-electron chi connectivity index (χ4n) is 5.16. The lowest BCUT2D eigenvalue weighted by Gasteiger charge is -2.40. The van der Waals surface area contributed by atoms with E-state index in [1.54, 1.807) is 0 Å². The van der Waals surface area contributed by atoms with Gasteiger partial charge in [0.15, 0.2) is 6.10 Å². The van der Waals surface area contributed by atoms with Crippen LogP contribution in [0, 0.1) is 36.2 Å². The molecule has 0 aliphatic carbocycles. The fraction of sp³-hybridized carbons (Fsp3) is 0.242. The first-order chi connectivity index (χ1) is 25.7. The van der Waals surface area contributed by atoms with Gasteiger partial charge in [-0.05, 0) is 43.3 Å². The van der Waals surface area contributed by atoms with E-state index >= 15 is 0 Å². The molecule has 0 spiro atoms. The molecule has 1 aliphatic rings. The predicted octanol–water partition coefficient (Wildman–Crippen LogP) is 4.10. The van der Waals surface area contributed by atoms with E-state index in [9.17, 15) is 53.9 Å². The average molecular weight is 752 g/mol. The summed E-state index contributed by atoms with van der Waals surface area (Å²) in [6, 6.07) is 12.8. The maximum Gasteiger partial charge on any atom is 0.353 e. The monoisotopic (exact) mass is 751 g/mol. The molecule has 1 aliphatic heterocycles. The Labute approximate surface area is 301 Å². The molecule has 0 radical (unpaired) electrons. The third-order valence-corrected chi connectivity index (χ3v) is 7.79. The largest absolute Gasteiger partial charge is 0.476 e. The highest BCUT2D eigenvalue weighted by Gasteiger charge is 2.46. The number of benzene rings is 3. The van der Waals surface area contributed by atoms with Crippen molar-refractivity contribution in [3.05, 3.63) is 142 Å². The second kappa shape index (κ2) is 16.5. The third kappa shape index (κ3) is 8.82. The maximum atomic E-state index is 15.0. The van der Waals surface area contributed by atoms with Crippen molar-refractivity contribution in [3.8, 4) is 5.88 Å². The van der Waals surface area contributed by atoms with Gasteiger partial charge in [-0.25, -0.2) is 19.2 Å². The van der Waals surface area contributed by atoms with E-state index in [0.29, 0.717) is 10.8 Å². The zero-order chi connectivity index (χ0) is 39.1. The van der Waals surface area contributed by atoms with Crippen LogP contribution in [0.25, 0.3) is 0 Å². The van der Waals surface area contributed by atoms with E-state index in [1.807, 2.05) is 0 Å². The maximum absolute atomic E-state index is 15.0. The van der Waals surface area contributed by atoms with Crippen LogP contribution in [0.3, 0.4) is 0 Å². The molecule has 3 aromatic carbocycles. The molecule has 4 aromatic rings. The van der Waals surface area contributed by atoms with E-state index in [4.69, 9.17) is 23.7 Å². The van der Waals surface area contributed by atoms with Crippen LogP contribution < -0.4 is 10.4 Å². The summed E-state index contributed by atoms with van der Waals surface area (Å²) in [6.45, 7) is 0.719. The van der Waals surface area contributed by atoms with Gasteiger partial charge in [0, 0.05) is 42.8 Å². The summed E-state index contributed by atoms with van der Waals surface area (Å²) in [5.74, 6) is -4.91. The third-order valence-electron chi connectivity index (χ3n) is 7.79. The van der Waals surface area contributed by atoms with Gasteiger partial charge in [0.25, 0.3) is 22.9 Å². The van der Waals surface area contributed by atoms with Crippen molar-refractivity contribution < 1.29 is 57.2 Å². The fourth-order valence-corrected chi connectivity index (χ4v) is 5.16. The number of nitrogens with zero attached hydrogens (tertiary/aromatic N) is 5. The highest BCUT2D eigenvalue weighted by Crippen LogP contribution is 2.33. The first-order valence-corrected chi connectivity index (χ1v) is 15.6. The van der Waals surface area contributed by atoms with Crippen LogP contribution in [0.5, 0.6) is 5.88 Å². The average Bonchev–Trinajstić information content (AvgIpc) is 3.16. The van der Waals surface area contributed by atoms with Crippen molar-refractivity contribution >= 4 is 35.0 Å². The van der Waals surface area contributed by atoms with Crippen LogP contribution in [0.2, 0.25) is 0 Å². The lowest BCUT2D eigenvalue weighted by molar-refractivity contribution is -0.385. The van der Waals surface area contributed by atoms with Crippen LogP contribution in [0.15, 0.2) is 83.8 Å². The molecule has 0 N–H and O–H groups in total. The molecule has 1 aromatic heterocycles. The predicted molar refractivity (Wildman–Crippen MR) is 176 cm³/mol. The molecular formula is C33H26FN5O15. The molecule has 0 bridgehead atoms. The first-order valence-electron chi connectivity index (χ1n) is 15.6. The Bertz CT molecular complexity index is 2140. The number of nitro groups is 3. The quantitative estimate of drug-likeness (QED) is 0.0805. The molecule has 0 amide bonds. The Morgan fingerprint density at radius 1 is 0.796 bits per heavy atom. The summed E-state index contributed by atoms with van der Waals surface area (Å²) in [6.07, 6.45) is -6.15. The smallest absolute Gasteiger partial charge is 0.353 e. The van der Waals surface area contributed by atoms with E-state index < -0.39 is 87.6 Å². The van der Waals surface area contributed by atoms with Gasteiger partial charge in [-0.1, -0.05) is 0 Å². The van der Waals surface area contributed by atoms with E-state index in [0.717, 1.165) is 72.8 Å². The van der Waals surface area contributed by atoms with Crippen LogP contribution in [-0.2, 0) is 18.9 Å². The molecule has 280 valence electrons. The second-order valence-electron chi connectivity index (χ2n) is 11.2. The highest BCUT2D eigenvalue weighted by molar-refractivity contribution is 5.91. The van der Waals surface area contributed by atoms with Gasteiger partial charge >= 0.3 is 23.6 Å². The number of nitro benzene ring substituents is 3. The lowest BCUT2D eigenvalue weighted by Crippen LogP contribution is -2.53. The van der Waals surface area contributed by atoms with Gasteiger partial charge in [0.1, 0.15) is 25.0 Å². The lowest BCUT2D eigenvalue weighted by atomic mass is 9.99. The first kappa shape index (κ1) is 38.1. The molecule has 54 heavy (non-hydrogen) atoms. The number of esters is 3. The van der Waals surface area contributed by atoms with Crippen molar-refractivity contribution in [3.63, 3.8) is 0 Å². The molecule has 4 unspecified atom stereocenters. The van der Waals surface area contributed by atoms with Gasteiger partial charge in [0.2, 0.25) is 5.82 Å². The minimum Gasteiger partial charge on any atom is -0.476 e. The SMILES string of the molecule is CCOc1nc(=O)n(C2CC(OC(=O)c3ccc([N+](=O)[O-])cc3)C(OC(=O)c3ccc([N+](=O)[O-])cc3)C(COC(=O)c3ccc([N+](=O)[O-])cc3)O2)cc1F. The van der Waals surface area contributed by atoms with Crippen LogP contribution in [-0.4, -0.2) is 73.8 Å². The van der Waals surface area contributed by atoms with Crippen molar-refractivity contribution in [2.75, 3.05) is 13.2 Å². The van der Waals surface area contributed by atoms with Crippen LogP contribution >= 0.6 is 0 Å². The molecule has 5 rings (SSSR count). The zero-order valence-electron chi connectivity index (χ0n) is 27.7. The molecule has 1 saturated heterocycles. The second-order valence-corrected chi connectivity index (χ2v) is 11.2. The number of non-ortho nitro benzene ring substituents is 3. The standard InChI is InChI=1S/C33H26FN5O15/c1-2-50-29-24(34)16-36(33(43)35-29)27-15-25(53-31(41)19-5-11-22(12-6-19)38(46)47)28(54-32(42)20-7-13-23(14-8-20)39(48)49)26(52-27)17-51-30(40)18-3-9-21(10-4-18)37(44)45/h3-14,16,25-28H,2,15,17H2,1H3. The summed E-state index contributed by atoms with van der Waals surface area (Å²) >= 11 is 0. The Morgan fingerprint density at radius 2 is 1.26 bits per heavy atom. The number of carbonyl (C=O) groups is 3. The number of rotatable bonds is 13. The zero-order valence-corrected chi connectivity index (χ0v) is 27.7. The molecule has 21 heteroatoms. The van der Waals surface area contributed by atoms with Gasteiger partial charge in [-0.15, -0.1) is 0 Å². The number of halogens is 1. The van der Waals surface area contributed by atoms with Gasteiger partial charge in [-0.3, -0.25) is 34.9 Å². The molecular weight excluding hydrogens is 725 g/mol. The molecule has 0 saturated carbocycles. The molecule has 2 heterocycles. The minimum atomic E-state index is -1.66. The number of aromatic nitrogens is 2. The van der Waals surface area contributed by atoms with Crippen molar-refractivity contribution in [2.24, 2.45) is 0 Å². The normalized spacial score (nSPS) is 17.8. The molecule has 20 nitrogen and oxygen atoms in total. The summed E-state index contributed by atoms with van der Waals surface area (Å²) in [4.78, 5) is 87.6. The minimum absolute atomic E-state index is 0.0298. The molecule has 4 atom stereocenters. The van der Waals surface area contributed by atoms with E-state index in [-0.39, 0.29) is 40.4 Å². The summed E-state index contributed by atoms with van der Waals surface area (Å²) in [5.41, 5.74) is -2.59. The topological polar surface area (TPSA) is 262 Å². The number of hydrogen-bond donors (Lipinski definition) is 0. The summed E-state index contributed by atoms with van der Waals surface area (Å²) < 4.78 is 43.5. The number of hydrogen-bond acceptors (Lipinski definition) is 16. The Balaban J connectivity index is 1.52. The number of ether oxygens (including phenoxy) is 5. The van der Waals surface area contributed by atoms with Crippen molar-refractivity contribution in [1.82, 2.24) is 9.55 Å². The van der Waals surface area contributed by atoms with Gasteiger partial charge < -0.3 is 23.7 Å². The van der Waals surface area contributed by atoms with Gasteiger partial charge in [0.05, 0.1) is 44.3 Å². The summed E-state index contributed by atoms with van der Waals surface area (Å²) in [5, 5.41) is 33.3. The van der Waals surface area contributed by atoms with Crippen LogP contribution in [0.4, 0.5) is 21.5 Å².